The van der Waals surface area contributed by atoms with E-state index in [1.54, 1.807) is 14.0 Å². The summed E-state index contributed by atoms with van der Waals surface area (Å²) in [6.07, 6.45) is -3.81. The summed E-state index contributed by atoms with van der Waals surface area (Å²) < 4.78 is 48.3. The molecule has 0 aliphatic carbocycles. The zero-order valence-electron chi connectivity index (χ0n) is 18.1. The number of nitrogens with one attached hydrogen (secondary N) is 1. The van der Waals surface area contributed by atoms with Crippen LogP contribution in [-0.4, -0.2) is 50.1 Å². The van der Waals surface area contributed by atoms with E-state index in [2.05, 4.69) is 5.32 Å². The van der Waals surface area contributed by atoms with Crippen molar-refractivity contribution >= 4 is 11.9 Å². The molecule has 0 radical (unpaired) electrons. The van der Waals surface area contributed by atoms with Crippen molar-refractivity contribution < 1.29 is 32.2 Å². The second kappa shape index (κ2) is 12.1. The molecule has 0 saturated heterocycles. The second-order valence-corrected chi connectivity index (χ2v) is 7.09. The third kappa shape index (κ3) is 8.58. The summed E-state index contributed by atoms with van der Waals surface area (Å²) in [6.45, 7) is 2.15. The van der Waals surface area contributed by atoms with Crippen molar-refractivity contribution in [3.05, 3.63) is 65.2 Å². The topological polar surface area (TPSA) is 67.9 Å². The highest BCUT2D eigenvalue weighted by atomic mass is 19.4. The second-order valence-electron chi connectivity index (χ2n) is 7.09. The number of methoxy groups -OCH3 is 1. The number of amides is 1. The fourth-order valence-corrected chi connectivity index (χ4v) is 3.01. The molecule has 9 heteroatoms. The standard InChI is InChI=1S/C23H27F3N2O4/c1-3-32-22(30)16-28(14-18-4-8-19(9-5-18)23(24,25)26)15-21(29)27-13-12-17-6-10-20(31-2)11-7-17/h4-11H,3,12-16H2,1-2H3,(H,27,29). The van der Waals surface area contributed by atoms with Crippen LogP contribution >= 0.6 is 0 Å². The van der Waals surface area contributed by atoms with Crippen LogP contribution in [0.15, 0.2) is 48.5 Å². The molecule has 2 rings (SSSR count). The summed E-state index contributed by atoms with van der Waals surface area (Å²) in [4.78, 5) is 25.8. The van der Waals surface area contributed by atoms with E-state index in [0.29, 0.717) is 18.5 Å². The van der Waals surface area contributed by atoms with Crippen molar-refractivity contribution in [1.29, 1.82) is 0 Å². The third-order valence-corrected chi connectivity index (χ3v) is 4.61. The van der Waals surface area contributed by atoms with Crippen LogP contribution in [0.25, 0.3) is 0 Å². The van der Waals surface area contributed by atoms with Gasteiger partial charge in [-0.05, 0) is 48.7 Å². The Morgan fingerprint density at radius 2 is 1.59 bits per heavy atom. The van der Waals surface area contributed by atoms with Gasteiger partial charge in [0.2, 0.25) is 5.91 Å². The molecule has 0 spiro atoms. The van der Waals surface area contributed by atoms with Crippen LogP contribution in [0.3, 0.4) is 0 Å². The number of nitrogens with zero attached hydrogens (tertiary/aromatic N) is 1. The molecule has 0 aromatic heterocycles. The number of alkyl halides is 3. The van der Waals surface area contributed by atoms with E-state index in [-0.39, 0.29) is 32.1 Å². The number of carbonyl (C=O) groups is 2. The molecular formula is C23H27F3N2O4. The van der Waals surface area contributed by atoms with E-state index >= 15 is 0 Å². The lowest BCUT2D eigenvalue weighted by Gasteiger charge is -2.21. The first-order valence-corrected chi connectivity index (χ1v) is 10.1. The van der Waals surface area contributed by atoms with Gasteiger partial charge >= 0.3 is 12.1 Å². The Bertz CT molecular complexity index is 868. The van der Waals surface area contributed by atoms with E-state index in [1.807, 2.05) is 24.3 Å². The molecule has 0 bridgehead atoms. The van der Waals surface area contributed by atoms with Crippen LogP contribution in [0.2, 0.25) is 0 Å². The highest BCUT2D eigenvalue weighted by Crippen LogP contribution is 2.29. The maximum absolute atomic E-state index is 12.8. The largest absolute Gasteiger partial charge is 0.497 e. The monoisotopic (exact) mass is 452 g/mol. The molecule has 2 aromatic carbocycles. The Kier molecular flexibility index (Phi) is 9.52. The van der Waals surface area contributed by atoms with Crippen molar-refractivity contribution in [2.24, 2.45) is 0 Å². The molecule has 0 aliphatic rings. The SMILES string of the molecule is CCOC(=O)CN(CC(=O)NCCc1ccc(OC)cc1)Cc1ccc(C(F)(F)F)cc1. The normalized spacial score (nSPS) is 11.3. The number of esters is 1. The number of hydrogen-bond acceptors (Lipinski definition) is 5. The van der Waals surface area contributed by atoms with Crippen LogP contribution in [0.5, 0.6) is 5.75 Å². The minimum absolute atomic E-state index is 0.0948. The van der Waals surface area contributed by atoms with Gasteiger partial charge in [0.1, 0.15) is 5.75 Å². The summed E-state index contributed by atoms with van der Waals surface area (Å²) in [5.74, 6) is -0.0594. The average molecular weight is 452 g/mol. The van der Waals surface area contributed by atoms with Gasteiger partial charge in [-0.2, -0.15) is 13.2 Å². The molecule has 1 N–H and O–H groups in total. The van der Waals surface area contributed by atoms with Gasteiger partial charge in [0.15, 0.2) is 0 Å². The van der Waals surface area contributed by atoms with Crippen LogP contribution in [0, 0.1) is 0 Å². The fraction of sp³-hybridized carbons (Fsp3) is 0.391. The van der Waals surface area contributed by atoms with Gasteiger partial charge in [-0.3, -0.25) is 14.5 Å². The zero-order chi connectivity index (χ0) is 23.6. The Morgan fingerprint density at radius 3 is 2.16 bits per heavy atom. The van der Waals surface area contributed by atoms with Gasteiger partial charge in [-0.1, -0.05) is 24.3 Å². The van der Waals surface area contributed by atoms with Crippen LogP contribution in [0.4, 0.5) is 13.2 Å². The molecule has 6 nitrogen and oxygen atoms in total. The average Bonchev–Trinajstić information content (AvgIpc) is 2.74. The van der Waals surface area contributed by atoms with Gasteiger partial charge in [-0.25, -0.2) is 0 Å². The van der Waals surface area contributed by atoms with Crippen LogP contribution < -0.4 is 10.1 Å². The lowest BCUT2D eigenvalue weighted by molar-refractivity contribution is -0.144. The van der Waals surface area contributed by atoms with E-state index in [1.165, 1.54) is 17.0 Å². The predicted molar refractivity (Wildman–Crippen MR) is 113 cm³/mol. The predicted octanol–water partition coefficient (Wildman–Crippen LogP) is 3.44. The van der Waals surface area contributed by atoms with E-state index in [9.17, 15) is 22.8 Å². The molecule has 32 heavy (non-hydrogen) atoms. The van der Waals surface area contributed by atoms with Gasteiger partial charge in [0.25, 0.3) is 0 Å². The summed E-state index contributed by atoms with van der Waals surface area (Å²) in [6, 6.07) is 12.1. The quantitative estimate of drug-likeness (QED) is 0.529. The molecule has 174 valence electrons. The van der Waals surface area contributed by atoms with Crippen LogP contribution in [-0.2, 0) is 33.5 Å². The number of carbonyl (C=O) groups excluding carboxylic acids is 2. The van der Waals surface area contributed by atoms with Crippen LogP contribution in [0.1, 0.15) is 23.6 Å². The van der Waals surface area contributed by atoms with E-state index < -0.39 is 17.7 Å². The Hall–Kier alpha value is -3.07. The molecule has 0 unspecified atom stereocenters. The molecule has 0 aliphatic heterocycles. The first kappa shape index (κ1) is 25.2. The Morgan fingerprint density at radius 1 is 0.969 bits per heavy atom. The van der Waals surface area contributed by atoms with Crippen molar-refractivity contribution in [1.82, 2.24) is 10.2 Å². The third-order valence-electron chi connectivity index (χ3n) is 4.61. The highest BCUT2D eigenvalue weighted by molar-refractivity contribution is 5.79. The summed E-state index contributed by atoms with van der Waals surface area (Å²) in [5.41, 5.74) is 0.821. The number of ether oxygens (including phenoxy) is 2. The fourth-order valence-electron chi connectivity index (χ4n) is 3.01. The maximum Gasteiger partial charge on any atom is 0.416 e. The number of halogens is 3. The first-order chi connectivity index (χ1) is 15.2. The highest BCUT2D eigenvalue weighted by Gasteiger charge is 2.30. The Balaban J connectivity index is 1.93. The van der Waals surface area contributed by atoms with Gasteiger partial charge in [-0.15, -0.1) is 0 Å². The van der Waals surface area contributed by atoms with Crippen molar-refractivity contribution in [3.8, 4) is 5.75 Å². The lowest BCUT2D eigenvalue weighted by Crippen LogP contribution is -2.40. The minimum Gasteiger partial charge on any atom is -0.497 e. The molecule has 0 fully saturated rings. The van der Waals surface area contributed by atoms with E-state index in [0.717, 1.165) is 23.4 Å². The number of hydrogen-bond donors (Lipinski definition) is 1. The Labute approximate surface area is 185 Å². The zero-order valence-corrected chi connectivity index (χ0v) is 18.1. The number of rotatable bonds is 11. The molecule has 1 amide bonds. The molecule has 0 saturated carbocycles. The van der Waals surface area contributed by atoms with Gasteiger partial charge in [0, 0.05) is 13.1 Å². The molecular weight excluding hydrogens is 425 g/mol. The molecule has 0 atom stereocenters. The minimum atomic E-state index is -4.42. The van der Waals surface area contributed by atoms with Crippen molar-refractivity contribution in [2.45, 2.75) is 26.1 Å². The molecule has 0 heterocycles. The number of benzene rings is 2. The van der Waals surface area contributed by atoms with Gasteiger partial charge in [0.05, 0.1) is 32.4 Å². The van der Waals surface area contributed by atoms with Crippen molar-refractivity contribution in [2.75, 3.05) is 33.4 Å². The van der Waals surface area contributed by atoms with E-state index in [4.69, 9.17) is 9.47 Å². The molecule has 2 aromatic rings. The van der Waals surface area contributed by atoms with Crippen molar-refractivity contribution in [3.63, 3.8) is 0 Å². The van der Waals surface area contributed by atoms with Gasteiger partial charge < -0.3 is 14.8 Å². The smallest absolute Gasteiger partial charge is 0.416 e. The summed E-state index contributed by atoms with van der Waals surface area (Å²) >= 11 is 0. The maximum atomic E-state index is 12.8. The lowest BCUT2D eigenvalue weighted by atomic mass is 10.1. The summed E-state index contributed by atoms with van der Waals surface area (Å²) in [5, 5.41) is 2.80. The first-order valence-electron chi connectivity index (χ1n) is 10.1. The summed E-state index contributed by atoms with van der Waals surface area (Å²) in [7, 11) is 1.59.